The molecule has 12 atom stereocenters. The number of aliphatic hydroxyl groups excluding tert-OH is 2. The minimum atomic E-state index is -1.67. The first-order valence-electron chi connectivity index (χ1n) is 26.2. The van der Waals surface area contributed by atoms with Gasteiger partial charge in [-0.05, 0) is 109 Å². The van der Waals surface area contributed by atoms with Crippen LogP contribution in [0.3, 0.4) is 0 Å². The van der Waals surface area contributed by atoms with Gasteiger partial charge >= 0.3 is 0 Å². The average molecular weight is 1090 g/mol. The van der Waals surface area contributed by atoms with Crippen molar-refractivity contribution in [2.45, 2.75) is 165 Å². The van der Waals surface area contributed by atoms with Crippen LogP contribution in [0.2, 0.25) is 0 Å². The third-order valence-electron chi connectivity index (χ3n) is 12.4. The third-order valence-corrected chi connectivity index (χ3v) is 12.4. The molecule has 1 aliphatic rings. The fourth-order valence-electron chi connectivity index (χ4n) is 8.08. The standard InChI is InChI=1S/C49H86N16O12/c1-26(2)24-36-46(74)59-31(13-19-51)41(69)58-34(16-22-54)45(73)65-38(27(3)66)48(76)56-23-17-35(44(72)57-32(14-20-52)43(71)63-37(47(75)62-36)25-29-10-6-5-7-11-29)60-42(70)33(15-21-53)61-49(77)39(28(4)67)64-40(68)30(55)12-8-9-18-50/h5-7,10-11,26-28,30-39,66-67H,8-9,12-25,50-55H2,1-4H3,(H,56,76)(H,57,72)(H,58,69)(H,59,74)(H,60,70)(H,61,77)(H,62,75)(H,63,71)(H,64,68)(H,65,73)/t27-,28-,30+,31+,32+,33+,34+,35+,36+,37-,38+,39+/m1/s1. The summed E-state index contributed by atoms with van der Waals surface area (Å²) < 4.78 is 0. The van der Waals surface area contributed by atoms with Crippen molar-refractivity contribution in [1.82, 2.24) is 53.2 Å². The van der Waals surface area contributed by atoms with Crippen LogP contribution in [0.1, 0.15) is 91.0 Å². The van der Waals surface area contributed by atoms with E-state index in [0.717, 1.165) is 0 Å². The smallest absolute Gasteiger partial charge is 0.245 e. The van der Waals surface area contributed by atoms with Crippen LogP contribution in [0.15, 0.2) is 30.3 Å². The van der Waals surface area contributed by atoms with E-state index >= 15 is 0 Å². The van der Waals surface area contributed by atoms with Gasteiger partial charge in [0, 0.05) is 13.0 Å². The number of carbonyl (C=O) groups excluding carboxylic acids is 10. The maximum atomic E-state index is 14.4. The van der Waals surface area contributed by atoms with Crippen molar-refractivity contribution in [2.24, 2.45) is 40.3 Å². The molecule has 0 bridgehead atoms. The lowest BCUT2D eigenvalue weighted by atomic mass is 10.00. The summed E-state index contributed by atoms with van der Waals surface area (Å²) in [5, 5.41) is 46.6. The van der Waals surface area contributed by atoms with Gasteiger partial charge in [0.25, 0.3) is 0 Å². The zero-order valence-corrected chi connectivity index (χ0v) is 44.6. The van der Waals surface area contributed by atoms with Crippen LogP contribution < -0.4 is 87.6 Å². The number of benzene rings is 1. The number of hydrogen-bond acceptors (Lipinski definition) is 18. The third kappa shape index (κ3) is 23.4. The SMILES string of the molecule is CC(C)C[C@@H]1NC(=O)[C@@H](Cc2ccccc2)NC(=O)[C@H](CCN)NC(=O)[C@@H](NC(=O)[C@H](CCN)NC(=O)[C@@H](NC(=O)[C@@H](N)CCCCN)[C@@H](C)O)CCNC(=O)[C@H]([C@@H](C)O)NC(=O)[C@H](CCN)NC(=O)[C@H](CCN)NC1=O. The predicted octanol–water partition coefficient (Wildman–Crippen LogP) is -7.23. The fraction of sp³-hybridized carbons (Fsp3) is 0.673. The summed E-state index contributed by atoms with van der Waals surface area (Å²) in [6, 6.07) is -5.81. The molecule has 0 aromatic heterocycles. The molecular formula is C49H86N16O12. The highest BCUT2D eigenvalue weighted by Gasteiger charge is 2.37. The first-order valence-corrected chi connectivity index (χ1v) is 26.2. The minimum Gasteiger partial charge on any atom is -0.391 e. The number of amides is 10. The Hall–Kier alpha value is -6.40. The topological polar surface area (TPSA) is 488 Å². The molecule has 10 amide bonds. The van der Waals surface area contributed by atoms with E-state index in [1.54, 1.807) is 44.2 Å². The second-order valence-electron chi connectivity index (χ2n) is 19.5. The van der Waals surface area contributed by atoms with Gasteiger partial charge in [0.05, 0.1) is 18.2 Å². The Morgan fingerprint density at radius 3 is 1.60 bits per heavy atom. The normalized spacial score (nSPS) is 23.7. The molecule has 0 radical (unpaired) electrons. The summed E-state index contributed by atoms with van der Waals surface area (Å²) >= 11 is 0. The number of rotatable bonds is 24. The second kappa shape index (κ2) is 35.1. The molecule has 2 rings (SSSR count). The fourth-order valence-corrected chi connectivity index (χ4v) is 8.08. The summed E-state index contributed by atoms with van der Waals surface area (Å²) in [4.78, 5) is 139. The molecule has 1 heterocycles. The first-order chi connectivity index (χ1) is 36.5. The minimum absolute atomic E-state index is 0.0543. The first kappa shape index (κ1) is 66.7. The van der Waals surface area contributed by atoms with Crippen molar-refractivity contribution in [3.05, 3.63) is 35.9 Å². The Morgan fingerprint density at radius 2 is 1.09 bits per heavy atom. The van der Waals surface area contributed by atoms with E-state index in [2.05, 4.69) is 53.2 Å². The highest BCUT2D eigenvalue weighted by Crippen LogP contribution is 2.11. The predicted molar refractivity (Wildman–Crippen MR) is 284 cm³/mol. The summed E-state index contributed by atoms with van der Waals surface area (Å²) in [6.45, 7) is 5.32. The second-order valence-corrected chi connectivity index (χ2v) is 19.5. The van der Waals surface area contributed by atoms with Gasteiger partial charge < -0.3 is 97.8 Å². The van der Waals surface area contributed by atoms with Gasteiger partial charge in [-0.1, -0.05) is 50.6 Å². The van der Waals surface area contributed by atoms with Gasteiger partial charge in [-0.3, -0.25) is 47.9 Å². The monoisotopic (exact) mass is 1090 g/mol. The maximum absolute atomic E-state index is 14.4. The largest absolute Gasteiger partial charge is 0.391 e. The van der Waals surface area contributed by atoms with E-state index in [1.165, 1.54) is 13.8 Å². The van der Waals surface area contributed by atoms with Crippen LogP contribution in [0.5, 0.6) is 0 Å². The van der Waals surface area contributed by atoms with E-state index in [0.29, 0.717) is 24.9 Å². The van der Waals surface area contributed by atoms with Gasteiger partial charge in [-0.15, -0.1) is 0 Å². The molecule has 77 heavy (non-hydrogen) atoms. The molecule has 24 N–H and O–H groups in total. The van der Waals surface area contributed by atoms with Crippen molar-refractivity contribution in [1.29, 1.82) is 0 Å². The van der Waals surface area contributed by atoms with Gasteiger partial charge in [0.2, 0.25) is 59.1 Å². The van der Waals surface area contributed by atoms with Gasteiger partial charge in [0.1, 0.15) is 54.4 Å². The molecule has 434 valence electrons. The lowest BCUT2D eigenvalue weighted by Crippen LogP contribution is -2.61. The van der Waals surface area contributed by atoms with E-state index in [9.17, 15) is 58.2 Å². The molecule has 1 fully saturated rings. The summed E-state index contributed by atoms with van der Waals surface area (Å²) in [5.74, 6) is -9.27. The Balaban J connectivity index is 2.72. The van der Waals surface area contributed by atoms with E-state index in [4.69, 9.17) is 34.4 Å². The molecule has 28 nitrogen and oxygen atoms in total. The number of unbranched alkanes of at least 4 members (excludes halogenated alkanes) is 1. The number of hydrogen-bond donors (Lipinski definition) is 18. The van der Waals surface area contributed by atoms with E-state index < -0.39 is 145 Å². The van der Waals surface area contributed by atoms with Gasteiger partial charge in [-0.2, -0.15) is 0 Å². The molecular weight excluding hydrogens is 1000 g/mol. The number of aliphatic hydroxyl groups is 2. The summed E-state index contributed by atoms with van der Waals surface area (Å²) in [6.07, 6.45) is -2.93. The van der Waals surface area contributed by atoms with Crippen LogP contribution in [0.25, 0.3) is 0 Å². The number of carbonyl (C=O) groups is 10. The molecule has 1 saturated heterocycles. The zero-order valence-electron chi connectivity index (χ0n) is 44.6. The van der Waals surface area contributed by atoms with Crippen molar-refractivity contribution in [3.8, 4) is 0 Å². The molecule has 1 aromatic rings. The maximum Gasteiger partial charge on any atom is 0.245 e. The van der Waals surface area contributed by atoms with E-state index in [1.807, 2.05) is 0 Å². The Kier molecular flexibility index (Phi) is 30.4. The molecule has 1 aromatic carbocycles. The van der Waals surface area contributed by atoms with Crippen LogP contribution in [0.4, 0.5) is 0 Å². The molecule has 28 heteroatoms. The summed E-state index contributed by atoms with van der Waals surface area (Å²) in [7, 11) is 0. The molecule has 0 aliphatic carbocycles. The zero-order chi connectivity index (χ0) is 57.8. The lowest BCUT2D eigenvalue weighted by Gasteiger charge is -2.28. The molecule has 1 aliphatic heterocycles. The van der Waals surface area contributed by atoms with Crippen molar-refractivity contribution in [3.63, 3.8) is 0 Å². The average Bonchev–Trinajstić information content (AvgIpc) is 3.37. The quantitative estimate of drug-likeness (QED) is 0.0428. The number of nitrogens with two attached hydrogens (primary N) is 6. The van der Waals surface area contributed by atoms with Crippen LogP contribution in [-0.2, 0) is 54.4 Å². The molecule has 0 saturated carbocycles. The van der Waals surface area contributed by atoms with Crippen molar-refractivity contribution >= 4 is 59.1 Å². The Labute approximate surface area is 449 Å². The highest BCUT2D eigenvalue weighted by atomic mass is 16.3. The van der Waals surface area contributed by atoms with Crippen molar-refractivity contribution < 1.29 is 58.2 Å². The van der Waals surface area contributed by atoms with Crippen molar-refractivity contribution in [2.75, 3.05) is 39.3 Å². The van der Waals surface area contributed by atoms with Crippen LogP contribution in [-0.4, -0.2) is 181 Å². The van der Waals surface area contributed by atoms with Crippen LogP contribution in [0, 0.1) is 5.92 Å². The van der Waals surface area contributed by atoms with Crippen LogP contribution >= 0.6 is 0 Å². The van der Waals surface area contributed by atoms with Gasteiger partial charge in [0.15, 0.2) is 0 Å². The lowest BCUT2D eigenvalue weighted by molar-refractivity contribution is -0.136. The Bertz CT molecular complexity index is 2090. The molecule has 0 spiro atoms. The van der Waals surface area contributed by atoms with E-state index in [-0.39, 0.29) is 77.0 Å². The Morgan fingerprint density at radius 1 is 0.584 bits per heavy atom. The number of nitrogens with one attached hydrogen (secondary N) is 10. The molecule has 0 unspecified atom stereocenters. The highest BCUT2D eigenvalue weighted by molar-refractivity contribution is 5.99. The van der Waals surface area contributed by atoms with Gasteiger partial charge in [-0.25, -0.2) is 0 Å². The summed E-state index contributed by atoms with van der Waals surface area (Å²) in [5.41, 5.74) is 35.6.